The van der Waals surface area contributed by atoms with E-state index in [1.54, 1.807) is 0 Å². The maximum atomic E-state index is 13.0. The minimum Gasteiger partial charge on any atom is -0.334 e. The van der Waals surface area contributed by atoms with E-state index in [1.165, 1.54) is 17.9 Å². The van der Waals surface area contributed by atoms with Gasteiger partial charge in [0.05, 0.1) is 5.56 Å². The minimum absolute atomic E-state index is 0.0563. The minimum atomic E-state index is -4.61. The highest BCUT2D eigenvalue weighted by molar-refractivity contribution is 5.97. The van der Waals surface area contributed by atoms with Crippen molar-refractivity contribution in [1.82, 2.24) is 4.90 Å². The molecule has 0 aromatic heterocycles. The monoisotopic (exact) mass is 329 g/mol. The zero-order valence-electron chi connectivity index (χ0n) is 12.6. The Hall–Kier alpha value is -2.09. The van der Waals surface area contributed by atoms with Gasteiger partial charge in [-0.15, -0.1) is 0 Å². The summed E-state index contributed by atoms with van der Waals surface area (Å²) in [4.78, 5) is 25.1. The Balaban J connectivity index is 2.40. The Bertz CT molecular complexity index is 616. The molecule has 3 N–H and O–H groups in total. The molecule has 126 valence electrons. The highest BCUT2D eigenvalue weighted by Gasteiger charge is 2.34. The van der Waals surface area contributed by atoms with Crippen LogP contribution in [0.4, 0.5) is 18.9 Å². The van der Waals surface area contributed by atoms with Crippen molar-refractivity contribution in [3.05, 3.63) is 29.3 Å². The fraction of sp³-hybridized carbons (Fsp3) is 0.467. The first-order chi connectivity index (χ1) is 10.7. The second-order valence-electron chi connectivity index (χ2n) is 5.51. The van der Waals surface area contributed by atoms with E-state index < -0.39 is 23.6 Å². The van der Waals surface area contributed by atoms with Crippen LogP contribution in [-0.2, 0) is 11.0 Å². The van der Waals surface area contributed by atoms with Crippen LogP contribution in [0.2, 0.25) is 0 Å². The molecule has 0 aliphatic carbocycles. The molecule has 1 unspecified atom stereocenters. The second kappa shape index (κ2) is 6.57. The molecule has 5 nitrogen and oxygen atoms in total. The first kappa shape index (κ1) is 17.3. The Morgan fingerprint density at radius 1 is 1.35 bits per heavy atom. The Labute approximate surface area is 131 Å². The van der Waals surface area contributed by atoms with Crippen LogP contribution < -0.4 is 11.1 Å². The number of nitrogens with one attached hydrogen (secondary N) is 1. The van der Waals surface area contributed by atoms with E-state index in [1.807, 2.05) is 0 Å². The Morgan fingerprint density at radius 2 is 2.04 bits per heavy atom. The van der Waals surface area contributed by atoms with Gasteiger partial charge >= 0.3 is 6.18 Å². The lowest BCUT2D eigenvalue weighted by molar-refractivity contribution is -0.137. The SMILES string of the molecule is CC(=O)Nc1cc(C(=O)N2CCCC2CN)cc(C(F)(F)F)c1. The lowest BCUT2D eigenvalue weighted by Gasteiger charge is -2.24. The average Bonchev–Trinajstić information content (AvgIpc) is 2.92. The van der Waals surface area contributed by atoms with Crippen molar-refractivity contribution in [3.8, 4) is 0 Å². The standard InChI is InChI=1S/C15H18F3N3O2/c1-9(22)20-12-6-10(5-11(7-12)15(16,17)18)14(23)21-4-2-3-13(21)8-19/h5-7,13H,2-4,8,19H2,1H3,(H,20,22). The molecular formula is C15H18F3N3O2. The van der Waals surface area contributed by atoms with E-state index in [0.717, 1.165) is 25.0 Å². The molecule has 1 aliphatic rings. The third kappa shape index (κ3) is 4.01. The average molecular weight is 329 g/mol. The van der Waals surface area contributed by atoms with Gasteiger partial charge in [-0.3, -0.25) is 9.59 Å². The summed E-state index contributed by atoms with van der Waals surface area (Å²) in [5, 5.41) is 2.29. The van der Waals surface area contributed by atoms with Crippen molar-refractivity contribution < 1.29 is 22.8 Å². The van der Waals surface area contributed by atoms with Gasteiger partial charge < -0.3 is 16.0 Å². The third-order valence-corrected chi connectivity index (χ3v) is 3.74. The zero-order chi connectivity index (χ0) is 17.2. The molecule has 2 amide bonds. The van der Waals surface area contributed by atoms with E-state index in [4.69, 9.17) is 5.73 Å². The molecule has 1 fully saturated rings. The molecule has 1 heterocycles. The molecule has 0 spiro atoms. The summed E-state index contributed by atoms with van der Waals surface area (Å²) in [6.45, 7) is 1.92. The molecule has 1 aliphatic heterocycles. The van der Waals surface area contributed by atoms with Crippen molar-refractivity contribution in [3.63, 3.8) is 0 Å². The molecule has 1 atom stereocenters. The topological polar surface area (TPSA) is 75.4 Å². The normalized spacial score (nSPS) is 18.1. The lowest BCUT2D eigenvalue weighted by Crippen LogP contribution is -2.40. The molecule has 0 radical (unpaired) electrons. The summed E-state index contributed by atoms with van der Waals surface area (Å²) in [5.74, 6) is -1.01. The molecule has 2 rings (SSSR count). The van der Waals surface area contributed by atoms with Crippen LogP contribution in [0.3, 0.4) is 0 Å². The van der Waals surface area contributed by atoms with E-state index in [2.05, 4.69) is 5.32 Å². The van der Waals surface area contributed by atoms with Crippen LogP contribution in [0, 0.1) is 0 Å². The molecule has 8 heteroatoms. The number of benzene rings is 1. The number of carbonyl (C=O) groups is 2. The molecule has 0 bridgehead atoms. The third-order valence-electron chi connectivity index (χ3n) is 3.74. The van der Waals surface area contributed by atoms with Crippen molar-refractivity contribution in [1.29, 1.82) is 0 Å². The number of rotatable bonds is 3. The number of alkyl halides is 3. The van der Waals surface area contributed by atoms with Gasteiger partial charge in [-0.2, -0.15) is 13.2 Å². The number of hydrogen-bond acceptors (Lipinski definition) is 3. The predicted molar refractivity (Wildman–Crippen MR) is 78.9 cm³/mol. The summed E-state index contributed by atoms with van der Waals surface area (Å²) in [6, 6.07) is 2.70. The number of carbonyl (C=O) groups excluding carboxylic acids is 2. The van der Waals surface area contributed by atoms with Crippen LogP contribution in [-0.4, -0.2) is 35.8 Å². The maximum Gasteiger partial charge on any atom is 0.416 e. The van der Waals surface area contributed by atoms with Crippen LogP contribution in [0.5, 0.6) is 0 Å². The molecule has 1 saturated heterocycles. The van der Waals surface area contributed by atoms with Crippen molar-refractivity contribution in [2.45, 2.75) is 32.0 Å². The van der Waals surface area contributed by atoms with Gasteiger partial charge in [0.1, 0.15) is 0 Å². The number of hydrogen-bond donors (Lipinski definition) is 2. The number of nitrogens with two attached hydrogens (primary N) is 1. The number of likely N-dealkylation sites (tertiary alicyclic amines) is 1. The second-order valence-corrected chi connectivity index (χ2v) is 5.51. The highest BCUT2D eigenvalue weighted by atomic mass is 19.4. The summed E-state index contributed by atoms with van der Waals surface area (Å²) in [6.07, 6.45) is -3.10. The van der Waals surface area contributed by atoms with Crippen LogP contribution in [0.1, 0.15) is 35.7 Å². The first-order valence-corrected chi connectivity index (χ1v) is 7.23. The summed E-state index contributed by atoms with van der Waals surface area (Å²) in [7, 11) is 0. The first-order valence-electron chi connectivity index (χ1n) is 7.23. The molecular weight excluding hydrogens is 311 g/mol. The zero-order valence-corrected chi connectivity index (χ0v) is 12.6. The summed E-state index contributed by atoms with van der Waals surface area (Å²) < 4.78 is 39.0. The fourth-order valence-electron chi connectivity index (χ4n) is 2.70. The largest absolute Gasteiger partial charge is 0.416 e. The molecule has 1 aromatic rings. The van der Waals surface area contributed by atoms with Gasteiger partial charge in [-0.05, 0) is 31.0 Å². The number of amides is 2. The summed E-state index contributed by atoms with van der Waals surface area (Å²) >= 11 is 0. The van der Waals surface area contributed by atoms with E-state index >= 15 is 0 Å². The number of halogens is 3. The molecule has 23 heavy (non-hydrogen) atoms. The summed E-state index contributed by atoms with van der Waals surface area (Å²) in [5.41, 5.74) is 4.46. The van der Waals surface area contributed by atoms with Crippen molar-refractivity contribution in [2.75, 3.05) is 18.4 Å². The van der Waals surface area contributed by atoms with Crippen LogP contribution in [0.25, 0.3) is 0 Å². The Morgan fingerprint density at radius 3 is 2.61 bits per heavy atom. The number of anilines is 1. The van der Waals surface area contributed by atoms with E-state index in [-0.39, 0.29) is 23.8 Å². The van der Waals surface area contributed by atoms with Gasteiger partial charge in [-0.25, -0.2) is 0 Å². The molecule has 1 aromatic carbocycles. The van der Waals surface area contributed by atoms with Crippen molar-refractivity contribution in [2.24, 2.45) is 5.73 Å². The smallest absolute Gasteiger partial charge is 0.334 e. The van der Waals surface area contributed by atoms with Crippen LogP contribution >= 0.6 is 0 Å². The number of nitrogens with zero attached hydrogens (tertiary/aromatic N) is 1. The highest BCUT2D eigenvalue weighted by Crippen LogP contribution is 2.33. The Kier molecular flexibility index (Phi) is 4.93. The van der Waals surface area contributed by atoms with E-state index in [0.29, 0.717) is 6.54 Å². The van der Waals surface area contributed by atoms with Gasteiger partial charge in [0, 0.05) is 37.3 Å². The van der Waals surface area contributed by atoms with Gasteiger partial charge in [0.2, 0.25) is 5.91 Å². The van der Waals surface area contributed by atoms with Gasteiger partial charge in [-0.1, -0.05) is 0 Å². The fourth-order valence-corrected chi connectivity index (χ4v) is 2.70. The lowest BCUT2D eigenvalue weighted by atomic mass is 10.1. The molecule has 0 saturated carbocycles. The van der Waals surface area contributed by atoms with Crippen molar-refractivity contribution >= 4 is 17.5 Å². The predicted octanol–water partition coefficient (Wildman–Crippen LogP) is 2.23. The van der Waals surface area contributed by atoms with Gasteiger partial charge in [0.25, 0.3) is 5.91 Å². The van der Waals surface area contributed by atoms with Crippen LogP contribution in [0.15, 0.2) is 18.2 Å². The quantitative estimate of drug-likeness (QED) is 0.893. The van der Waals surface area contributed by atoms with E-state index in [9.17, 15) is 22.8 Å². The maximum absolute atomic E-state index is 13.0. The van der Waals surface area contributed by atoms with Gasteiger partial charge in [0.15, 0.2) is 0 Å².